The van der Waals surface area contributed by atoms with Gasteiger partial charge in [0.2, 0.25) is 0 Å². The van der Waals surface area contributed by atoms with E-state index in [9.17, 15) is 0 Å². The van der Waals surface area contributed by atoms with Crippen molar-refractivity contribution in [1.82, 2.24) is 0 Å². The average Bonchev–Trinajstić information content (AvgIpc) is 1.94. The number of aromatic hydroxyl groups is 1. The van der Waals surface area contributed by atoms with Gasteiger partial charge in [-0.25, -0.2) is 0 Å². The van der Waals surface area contributed by atoms with Crippen LogP contribution in [-0.2, 0) is 0 Å². The minimum Gasteiger partial charge on any atom is -0.508 e. The number of phenols is 1. The van der Waals surface area contributed by atoms with Crippen molar-refractivity contribution in [2.45, 2.75) is 0 Å². The quantitative estimate of drug-likeness (QED) is 0.400. The summed E-state index contributed by atoms with van der Waals surface area (Å²) >= 11 is 2.12. The van der Waals surface area contributed by atoms with Crippen molar-refractivity contribution in [3.05, 3.63) is 21.8 Å². The average molecular weight is 250 g/mol. The highest BCUT2D eigenvalue weighted by Crippen LogP contribution is 2.21. The van der Waals surface area contributed by atoms with E-state index in [-0.39, 0.29) is 5.75 Å². The van der Waals surface area contributed by atoms with Crippen LogP contribution in [0.2, 0.25) is 0 Å². The second-order valence-corrected chi connectivity index (χ2v) is 2.97. The van der Waals surface area contributed by atoms with E-state index in [4.69, 9.17) is 10.9 Å². The minimum absolute atomic E-state index is 0.216. The van der Waals surface area contributed by atoms with Gasteiger partial charge in [0.25, 0.3) is 0 Å². The fourth-order valence-corrected chi connectivity index (χ4v) is 1.12. The Hall–Kier alpha value is -0.490. The van der Waals surface area contributed by atoms with Crippen molar-refractivity contribution >= 4 is 28.3 Å². The van der Waals surface area contributed by atoms with Crippen LogP contribution in [-0.4, -0.2) is 5.11 Å². The van der Waals surface area contributed by atoms with Gasteiger partial charge in [-0.1, -0.05) is 0 Å². The summed E-state index contributed by atoms with van der Waals surface area (Å²) < 4.78 is 0.984. The molecule has 0 aliphatic rings. The molecule has 0 aliphatic carbocycles. The molecule has 3 nitrogen and oxygen atoms in total. The predicted molar refractivity (Wildman–Crippen MR) is 48.6 cm³/mol. The fourth-order valence-electron chi connectivity index (χ4n) is 0.624. The third kappa shape index (κ3) is 1.51. The molecule has 0 bridgehead atoms. The summed E-state index contributed by atoms with van der Waals surface area (Å²) in [6.45, 7) is 0. The fraction of sp³-hybridized carbons (Fsp3) is 0. The molecule has 10 heavy (non-hydrogen) atoms. The summed E-state index contributed by atoms with van der Waals surface area (Å²) in [7, 11) is 0. The van der Waals surface area contributed by atoms with E-state index < -0.39 is 0 Å². The molecule has 1 aromatic carbocycles. The largest absolute Gasteiger partial charge is 0.508 e. The van der Waals surface area contributed by atoms with Crippen molar-refractivity contribution in [3.8, 4) is 5.75 Å². The summed E-state index contributed by atoms with van der Waals surface area (Å²) in [6.07, 6.45) is 0. The van der Waals surface area contributed by atoms with Crippen LogP contribution < -0.4 is 11.3 Å². The van der Waals surface area contributed by atoms with E-state index in [0.29, 0.717) is 0 Å². The first-order valence-electron chi connectivity index (χ1n) is 2.69. The van der Waals surface area contributed by atoms with E-state index in [1.807, 2.05) is 0 Å². The predicted octanol–water partition coefficient (Wildman–Crippen LogP) is 1.28. The summed E-state index contributed by atoms with van der Waals surface area (Å²) in [5.74, 6) is 5.37. The van der Waals surface area contributed by atoms with E-state index >= 15 is 0 Å². The van der Waals surface area contributed by atoms with Gasteiger partial charge in [0.1, 0.15) is 5.75 Å². The zero-order valence-corrected chi connectivity index (χ0v) is 7.29. The molecule has 0 radical (unpaired) electrons. The van der Waals surface area contributed by atoms with E-state index in [1.54, 1.807) is 18.2 Å². The summed E-state index contributed by atoms with van der Waals surface area (Å²) in [4.78, 5) is 0. The third-order valence-corrected chi connectivity index (χ3v) is 2.05. The Morgan fingerprint density at radius 1 is 1.50 bits per heavy atom. The lowest BCUT2D eigenvalue weighted by Gasteiger charge is -2.02. The van der Waals surface area contributed by atoms with Crippen molar-refractivity contribution in [2.75, 3.05) is 5.43 Å². The summed E-state index contributed by atoms with van der Waals surface area (Å²) in [5, 5.41) is 8.97. The number of rotatable bonds is 1. The molecule has 0 atom stereocenters. The minimum atomic E-state index is 0.216. The maximum Gasteiger partial charge on any atom is 0.117 e. The lowest BCUT2D eigenvalue weighted by Crippen LogP contribution is -2.07. The molecule has 0 unspecified atom stereocenters. The van der Waals surface area contributed by atoms with Gasteiger partial charge >= 0.3 is 0 Å². The van der Waals surface area contributed by atoms with Crippen molar-refractivity contribution < 1.29 is 5.11 Å². The van der Waals surface area contributed by atoms with Crippen LogP contribution in [0.3, 0.4) is 0 Å². The van der Waals surface area contributed by atoms with Gasteiger partial charge in [0, 0.05) is 9.64 Å². The Morgan fingerprint density at radius 3 is 2.70 bits per heavy atom. The molecule has 4 heteroatoms. The number of hydrogen-bond acceptors (Lipinski definition) is 3. The molecule has 0 heterocycles. The van der Waals surface area contributed by atoms with Gasteiger partial charge in [-0.2, -0.15) is 0 Å². The standard InChI is InChI=1S/C6H7IN2O/c7-5-2-1-4(10)3-6(5)9-8/h1-3,9-10H,8H2. The van der Waals surface area contributed by atoms with Crippen LogP contribution in [0.1, 0.15) is 0 Å². The van der Waals surface area contributed by atoms with Crippen LogP contribution >= 0.6 is 22.6 Å². The zero-order chi connectivity index (χ0) is 7.56. The highest BCUT2D eigenvalue weighted by Gasteiger charge is 1.96. The molecular formula is C6H7IN2O. The highest BCUT2D eigenvalue weighted by molar-refractivity contribution is 14.1. The number of hydrazine groups is 1. The zero-order valence-electron chi connectivity index (χ0n) is 5.13. The summed E-state index contributed by atoms with van der Waals surface area (Å²) in [6, 6.07) is 4.97. The van der Waals surface area contributed by atoms with Crippen molar-refractivity contribution in [1.29, 1.82) is 0 Å². The van der Waals surface area contributed by atoms with E-state index in [1.165, 1.54) is 0 Å². The highest BCUT2D eigenvalue weighted by atomic mass is 127. The van der Waals surface area contributed by atoms with Crippen LogP contribution in [0.15, 0.2) is 18.2 Å². The second kappa shape index (κ2) is 3.07. The van der Waals surface area contributed by atoms with E-state index in [0.717, 1.165) is 9.26 Å². The van der Waals surface area contributed by atoms with Gasteiger partial charge in [-0.3, -0.25) is 5.84 Å². The number of nitrogens with one attached hydrogen (secondary N) is 1. The molecule has 54 valence electrons. The summed E-state index contributed by atoms with van der Waals surface area (Å²) in [5.41, 5.74) is 3.21. The number of halogens is 1. The number of nitrogen functional groups attached to an aromatic ring is 1. The molecular weight excluding hydrogens is 243 g/mol. The van der Waals surface area contributed by atoms with Crippen LogP contribution in [0, 0.1) is 3.57 Å². The molecule has 0 saturated carbocycles. The number of anilines is 1. The van der Waals surface area contributed by atoms with Gasteiger partial charge < -0.3 is 10.5 Å². The van der Waals surface area contributed by atoms with Gasteiger partial charge in [-0.05, 0) is 34.7 Å². The smallest absolute Gasteiger partial charge is 0.117 e. The molecule has 1 aromatic rings. The monoisotopic (exact) mass is 250 g/mol. The lowest BCUT2D eigenvalue weighted by molar-refractivity contribution is 0.475. The Bertz CT molecular complexity index is 239. The Morgan fingerprint density at radius 2 is 2.20 bits per heavy atom. The number of phenolic OH excluding ortho intramolecular Hbond substituents is 1. The molecule has 0 aromatic heterocycles. The maximum atomic E-state index is 8.97. The lowest BCUT2D eigenvalue weighted by atomic mass is 10.3. The van der Waals surface area contributed by atoms with Crippen LogP contribution in [0.4, 0.5) is 5.69 Å². The molecule has 1 rings (SSSR count). The van der Waals surface area contributed by atoms with Gasteiger partial charge in [-0.15, -0.1) is 0 Å². The molecule has 4 N–H and O–H groups in total. The normalized spacial score (nSPS) is 9.40. The SMILES string of the molecule is NNc1cc(O)ccc1I. The van der Waals surface area contributed by atoms with Crippen LogP contribution in [0.5, 0.6) is 5.75 Å². The Balaban J connectivity index is 3.09. The number of benzene rings is 1. The first-order valence-corrected chi connectivity index (χ1v) is 3.77. The van der Waals surface area contributed by atoms with Crippen molar-refractivity contribution in [3.63, 3.8) is 0 Å². The second-order valence-electron chi connectivity index (χ2n) is 1.81. The number of nitrogens with two attached hydrogens (primary N) is 1. The van der Waals surface area contributed by atoms with Crippen molar-refractivity contribution in [2.24, 2.45) is 5.84 Å². The Labute approximate surface area is 72.3 Å². The van der Waals surface area contributed by atoms with Gasteiger partial charge in [0.15, 0.2) is 0 Å². The first kappa shape index (κ1) is 7.62. The topological polar surface area (TPSA) is 58.3 Å². The molecule has 0 aliphatic heterocycles. The van der Waals surface area contributed by atoms with E-state index in [2.05, 4.69) is 28.0 Å². The third-order valence-electron chi connectivity index (χ3n) is 1.11. The molecule has 0 saturated heterocycles. The molecule has 0 amide bonds. The van der Waals surface area contributed by atoms with Crippen LogP contribution in [0.25, 0.3) is 0 Å². The number of hydrogen-bond donors (Lipinski definition) is 3. The first-order chi connectivity index (χ1) is 4.74. The molecule has 0 spiro atoms. The maximum absolute atomic E-state index is 8.97. The van der Waals surface area contributed by atoms with Gasteiger partial charge in [0.05, 0.1) is 5.69 Å². The Kier molecular flexibility index (Phi) is 2.34. The molecule has 0 fully saturated rings.